The summed E-state index contributed by atoms with van der Waals surface area (Å²) in [5.41, 5.74) is 0.463. The Morgan fingerprint density at radius 1 is 1.04 bits per heavy atom. The topological polar surface area (TPSA) is 27.7 Å². The molecule has 0 spiro atoms. The zero-order valence-electron chi connectivity index (χ0n) is 14.8. The molecule has 1 aliphatic rings. The number of rotatable bonds is 4. The summed E-state index contributed by atoms with van der Waals surface area (Å²) in [5.74, 6) is 0.313. The Hall–Kier alpha value is -1.56. The second kappa shape index (κ2) is 6.63. The van der Waals surface area contributed by atoms with E-state index >= 15 is 0 Å². The third kappa shape index (κ3) is 3.84. The zero-order valence-corrected chi connectivity index (χ0v) is 15.6. The fourth-order valence-electron chi connectivity index (χ4n) is 2.60. The average molecular weight is 363 g/mol. The van der Waals surface area contributed by atoms with Gasteiger partial charge in [0, 0.05) is 5.02 Å². The van der Waals surface area contributed by atoms with Crippen LogP contribution in [0.2, 0.25) is 5.02 Å². The number of hydrogen-bond donors (Lipinski definition) is 0. The largest absolute Gasteiger partial charge is 0.495 e. The number of hydrogen-bond acceptors (Lipinski definition) is 3. The Labute approximate surface area is 153 Å². The van der Waals surface area contributed by atoms with Crippen LogP contribution in [0.5, 0.6) is 5.75 Å². The van der Waals surface area contributed by atoms with Gasteiger partial charge in [0.25, 0.3) is 0 Å². The van der Waals surface area contributed by atoms with Gasteiger partial charge in [0.05, 0.1) is 11.2 Å². The van der Waals surface area contributed by atoms with E-state index in [0.717, 1.165) is 5.56 Å². The maximum atomic E-state index is 13.8. The molecule has 1 saturated heterocycles. The quantitative estimate of drug-likeness (QED) is 0.757. The fourth-order valence-corrected chi connectivity index (χ4v) is 2.78. The van der Waals surface area contributed by atoms with Crippen LogP contribution >= 0.6 is 11.6 Å². The second-order valence-corrected chi connectivity index (χ2v) is 7.61. The molecule has 2 aromatic carbocycles. The lowest BCUT2D eigenvalue weighted by atomic mass is 9.76. The molecule has 132 valence electrons. The third-order valence-corrected chi connectivity index (χ3v) is 5.04. The summed E-state index contributed by atoms with van der Waals surface area (Å²) < 4.78 is 31.7. The monoisotopic (exact) mass is 362 g/mol. The van der Waals surface area contributed by atoms with Crippen molar-refractivity contribution in [2.75, 3.05) is 0 Å². The van der Waals surface area contributed by atoms with Gasteiger partial charge in [0.2, 0.25) is 0 Å². The van der Waals surface area contributed by atoms with Crippen LogP contribution in [0.3, 0.4) is 0 Å². The van der Waals surface area contributed by atoms with Gasteiger partial charge in [-0.25, -0.2) is 4.39 Å². The van der Waals surface area contributed by atoms with Crippen LogP contribution in [0, 0.1) is 5.82 Å². The maximum Gasteiger partial charge on any atom is 0.495 e. The van der Waals surface area contributed by atoms with Gasteiger partial charge in [-0.1, -0.05) is 23.7 Å². The van der Waals surface area contributed by atoms with Crippen LogP contribution in [0.15, 0.2) is 42.5 Å². The van der Waals surface area contributed by atoms with Crippen molar-refractivity contribution >= 4 is 24.2 Å². The van der Waals surface area contributed by atoms with Crippen molar-refractivity contribution in [1.29, 1.82) is 0 Å². The zero-order chi connectivity index (χ0) is 18.2. The predicted molar refractivity (Wildman–Crippen MR) is 97.9 cm³/mol. The van der Waals surface area contributed by atoms with Crippen LogP contribution in [0.1, 0.15) is 33.3 Å². The highest BCUT2D eigenvalue weighted by molar-refractivity contribution is 6.62. The fraction of sp³-hybridized carbons (Fsp3) is 0.368. The Balaban J connectivity index is 1.84. The highest BCUT2D eigenvalue weighted by Crippen LogP contribution is 2.36. The molecule has 0 amide bonds. The number of ether oxygens (including phenoxy) is 1. The molecule has 0 radical (unpaired) electrons. The summed E-state index contributed by atoms with van der Waals surface area (Å²) in [6.45, 7) is 8.13. The van der Waals surface area contributed by atoms with Gasteiger partial charge in [-0.05, 0) is 69.1 Å². The highest BCUT2D eigenvalue weighted by atomic mass is 35.5. The second-order valence-electron chi connectivity index (χ2n) is 7.18. The summed E-state index contributed by atoms with van der Waals surface area (Å²) >= 11 is 5.98. The minimum Gasteiger partial charge on any atom is -0.489 e. The van der Waals surface area contributed by atoms with Gasteiger partial charge >= 0.3 is 7.12 Å². The Morgan fingerprint density at radius 2 is 1.72 bits per heavy atom. The molecule has 0 bridgehead atoms. The Morgan fingerprint density at radius 3 is 2.36 bits per heavy atom. The molecule has 1 aliphatic heterocycles. The van der Waals surface area contributed by atoms with Gasteiger partial charge in [0.15, 0.2) is 0 Å². The molecule has 0 aliphatic carbocycles. The Kier molecular flexibility index (Phi) is 4.84. The molecule has 0 atom stereocenters. The lowest BCUT2D eigenvalue weighted by Gasteiger charge is -2.32. The molecule has 25 heavy (non-hydrogen) atoms. The van der Waals surface area contributed by atoms with Gasteiger partial charge in [-0.15, -0.1) is 0 Å². The lowest BCUT2D eigenvalue weighted by Crippen LogP contribution is -2.41. The molecule has 1 heterocycles. The summed E-state index contributed by atoms with van der Waals surface area (Å²) in [6.07, 6.45) is 0. The number of benzene rings is 2. The van der Waals surface area contributed by atoms with E-state index in [0.29, 0.717) is 16.2 Å². The van der Waals surface area contributed by atoms with Gasteiger partial charge in [-0.2, -0.15) is 0 Å². The van der Waals surface area contributed by atoms with E-state index in [4.69, 9.17) is 25.6 Å². The first kappa shape index (κ1) is 18.2. The van der Waals surface area contributed by atoms with Crippen LogP contribution < -0.4 is 10.2 Å². The van der Waals surface area contributed by atoms with Crippen molar-refractivity contribution < 1.29 is 18.4 Å². The predicted octanol–water partition coefficient (Wildman–Crippen LogP) is 4.36. The summed E-state index contributed by atoms with van der Waals surface area (Å²) in [6, 6.07) is 11.7. The van der Waals surface area contributed by atoms with Crippen LogP contribution in [0.4, 0.5) is 4.39 Å². The first-order chi connectivity index (χ1) is 11.7. The molecule has 0 unspecified atom stereocenters. The molecule has 2 aromatic rings. The molecule has 1 fully saturated rings. The average Bonchev–Trinajstić information content (AvgIpc) is 2.74. The number of halogens is 2. The molecule has 3 rings (SSSR count). The molecule has 0 N–H and O–H groups in total. The molecular weight excluding hydrogens is 341 g/mol. The van der Waals surface area contributed by atoms with Gasteiger partial charge in [0.1, 0.15) is 18.2 Å². The van der Waals surface area contributed by atoms with Gasteiger partial charge in [-0.3, -0.25) is 0 Å². The maximum absolute atomic E-state index is 13.8. The van der Waals surface area contributed by atoms with Crippen molar-refractivity contribution in [2.45, 2.75) is 45.5 Å². The summed E-state index contributed by atoms with van der Waals surface area (Å²) in [5, 5.41) is 0.600. The molecule has 6 heteroatoms. The lowest BCUT2D eigenvalue weighted by molar-refractivity contribution is 0.00578. The first-order valence-electron chi connectivity index (χ1n) is 8.20. The minimum absolute atomic E-state index is 0.264. The standard InChI is InChI=1S/C19H21BClFO3/c1-18(2)19(3,4)25-20(24-18)17-11-15(22)9-8-13(17)12-23-16-7-5-6-14(21)10-16/h5-11H,12H2,1-4H3. The van der Waals surface area contributed by atoms with Crippen LogP contribution in [-0.2, 0) is 15.9 Å². The van der Waals surface area contributed by atoms with E-state index in [1.807, 2.05) is 39.8 Å². The van der Waals surface area contributed by atoms with Crippen molar-refractivity contribution in [2.24, 2.45) is 0 Å². The van der Waals surface area contributed by atoms with E-state index in [9.17, 15) is 4.39 Å². The van der Waals surface area contributed by atoms with Crippen molar-refractivity contribution in [3.63, 3.8) is 0 Å². The third-order valence-electron chi connectivity index (χ3n) is 4.81. The van der Waals surface area contributed by atoms with E-state index in [2.05, 4.69) is 0 Å². The van der Waals surface area contributed by atoms with E-state index in [1.54, 1.807) is 18.2 Å². The van der Waals surface area contributed by atoms with Crippen LogP contribution in [0.25, 0.3) is 0 Å². The molecular formula is C19H21BClFO3. The molecule has 0 saturated carbocycles. The highest BCUT2D eigenvalue weighted by Gasteiger charge is 2.52. The van der Waals surface area contributed by atoms with E-state index in [1.165, 1.54) is 12.1 Å². The molecule has 3 nitrogen and oxygen atoms in total. The first-order valence-corrected chi connectivity index (χ1v) is 8.58. The Bertz CT molecular complexity index is 763. The summed E-state index contributed by atoms with van der Waals surface area (Å²) in [7, 11) is -0.640. The van der Waals surface area contributed by atoms with Gasteiger partial charge < -0.3 is 14.0 Å². The van der Waals surface area contributed by atoms with Crippen molar-refractivity contribution in [3.8, 4) is 5.75 Å². The van der Waals surface area contributed by atoms with E-state index < -0.39 is 18.3 Å². The SMILES string of the molecule is CC1(C)OB(c2cc(F)ccc2COc2cccc(Cl)c2)OC1(C)C. The van der Waals surface area contributed by atoms with Crippen molar-refractivity contribution in [1.82, 2.24) is 0 Å². The minimum atomic E-state index is -0.640. The van der Waals surface area contributed by atoms with E-state index in [-0.39, 0.29) is 12.4 Å². The molecule has 0 aromatic heterocycles. The smallest absolute Gasteiger partial charge is 0.489 e. The van der Waals surface area contributed by atoms with Crippen LogP contribution in [-0.4, -0.2) is 18.3 Å². The summed E-state index contributed by atoms with van der Waals surface area (Å²) in [4.78, 5) is 0. The normalized spacial score (nSPS) is 18.4. The van der Waals surface area contributed by atoms with Crippen molar-refractivity contribution in [3.05, 3.63) is 58.9 Å².